The molecule has 1 aliphatic carbocycles. The van der Waals surface area contributed by atoms with Crippen molar-refractivity contribution in [2.24, 2.45) is 11.8 Å². The maximum atomic E-state index is 6.31. The van der Waals surface area contributed by atoms with Gasteiger partial charge in [-0.2, -0.15) is 0 Å². The van der Waals surface area contributed by atoms with Gasteiger partial charge in [0.2, 0.25) is 0 Å². The van der Waals surface area contributed by atoms with Crippen LogP contribution in [-0.2, 0) is 13.0 Å². The lowest BCUT2D eigenvalue weighted by Crippen LogP contribution is -2.17. The molecule has 0 radical (unpaired) electrons. The summed E-state index contributed by atoms with van der Waals surface area (Å²) in [6, 6.07) is 36.1. The minimum absolute atomic E-state index is 0.325. The first-order valence-corrected chi connectivity index (χ1v) is 13.6. The zero-order valence-corrected chi connectivity index (χ0v) is 21.7. The summed E-state index contributed by atoms with van der Waals surface area (Å²) in [5.74, 6) is 3.33. The Morgan fingerprint density at radius 2 is 1.17 bits per heavy atom. The van der Waals surface area contributed by atoms with Crippen LogP contribution in [0.4, 0.5) is 0 Å². The second kappa shape index (κ2) is 9.62. The third-order valence-corrected chi connectivity index (χ3v) is 8.55. The Balaban J connectivity index is 1.44. The van der Waals surface area contributed by atoms with Crippen molar-refractivity contribution in [1.29, 1.82) is 0 Å². The van der Waals surface area contributed by atoms with Gasteiger partial charge in [0, 0.05) is 17.4 Å². The van der Waals surface area contributed by atoms with E-state index in [9.17, 15) is 0 Å². The number of hydrogen-bond donors (Lipinski definition) is 0. The molecule has 182 valence electrons. The van der Waals surface area contributed by atoms with Gasteiger partial charge in [-0.1, -0.05) is 112 Å². The Morgan fingerprint density at radius 3 is 1.89 bits per heavy atom. The highest BCUT2D eigenvalue weighted by Crippen LogP contribution is 2.48. The average molecular weight is 473 g/mol. The molecule has 0 fully saturated rings. The van der Waals surface area contributed by atoms with Crippen molar-refractivity contribution in [2.75, 3.05) is 0 Å². The number of fused-ring (bicyclic) bond motifs is 4. The molecular formula is C35H36O. The second-order valence-electron chi connectivity index (χ2n) is 11.2. The molecule has 1 nitrogen and oxygen atoms in total. The van der Waals surface area contributed by atoms with Crippen molar-refractivity contribution >= 4 is 0 Å². The van der Waals surface area contributed by atoms with Crippen LogP contribution in [0.15, 0.2) is 97.1 Å². The Kier molecular flexibility index (Phi) is 6.17. The molecule has 0 bridgehead atoms. The predicted molar refractivity (Wildman–Crippen MR) is 149 cm³/mol. The highest BCUT2D eigenvalue weighted by Gasteiger charge is 2.34. The molecule has 0 saturated carbocycles. The first-order valence-electron chi connectivity index (χ1n) is 13.6. The van der Waals surface area contributed by atoms with Gasteiger partial charge >= 0.3 is 0 Å². The first kappa shape index (κ1) is 23.1. The van der Waals surface area contributed by atoms with Crippen LogP contribution in [0.25, 0.3) is 0 Å². The summed E-state index contributed by atoms with van der Waals surface area (Å²) in [6.07, 6.45) is 2.25. The van der Waals surface area contributed by atoms with Crippen LogP contribution in [0, 0.1) is 11.8 Å². The largest absolute Gasteiger partial charge is 0.489 e. The molecular weight excluding hydrogens is 436 g/mol. The van der Waals surface area contributed by atoms with Gasteiger partial charge in [-0.25, -0.2) is 0 Å². The van der Waals surface area contributed by atoms with Crippen molar-refractivity contribution in [3.8, 4) is 5.75 Å². The summed E-state index contributed by atoms with van der Waals surface area (Å²) in [5.41, 5.74) is 10.2. The number of para-hydroxylation sites is 1. The lowest BCUT2D eigenvalue weighted by Gasteiger charge is -2.30. The van der Waals surface area contributed by atoms with E-state index in [1.165, 1.54) is 33.4 Å². The molecule has 6 rings (SSSR count). The summed E-state index contributed by atoms with van der Waals surface area (Å²) in [7, 11) is 0. The van der Waals surface area contributed by atoms with E-state index in [0.717, 1.165) is 18.6 Å². The SMILES string of the molecule is CC(C)C1c2ccccc2CC(CC(C)C2c3ccccc3COc3ccccc32)c2ccccc21. The van der Waals surface area contributed by atoms with Crippen LogP contribution >= 0.6 is 0 Å². The predicted octanol–water partition coefficient (Wildman–Crippen LogP) is 8.86. The molecule has 0 amide bonds. The van der Waals surface area contributed by atoms with Crippen molar-refractivity contribution < 1.29 is 4.74 Å². The average Bonchev–Trinajstić information content (AvgIpc) is 3.15. The van der Waals surface area contributed by atoms with Crippen LogP contribution < -0.4 is 4.74 Å². The maximum absolute atomic E-state index is 6.31. The first-order chi connectivity index (χ1) is 17.6. The van der Waals surface area contributed by atoms with Gasteiger partial charge in [0.05, 0.1) is 0 Å². The van der Waals surface area contributed by atoms with Crippen molar-refractivity contribution in [3.63, 3.8) is 0 Å². The highest BCUT2D eigenvalue weighted by atomic mass is 16.5. The van der Waals surface area contributed by atoms with Crippen LogP contribution in [0.3, 0.4) is 0 Å². The molecule has 1 heterocycles. The minimum atomic E-state index is 0.325. The Hall–Kier alpha value is -3.32. The molecule has 0 aromatic heterocycles. The molecule has 0 saturated heterocycles. The zero-order chi connectivity index (χ0) is 24.6. The highest BCUT2D eigenvalue weighted by molar-refractivity contribution is 5.49. The molecule has 4 aromatic carbocycles. The van der Waals surface area contributed by atoms with Crippen LogP contribution in [-0.4, -0.2) is 0 Å². The van der Waals surface area contributed by atoms with E-state index in [4.69, 9.17) is 4.74 Å². The quantitative estimate of drug-likeness (QED) is 0.288. The summed E-state index contributed by atoms with van der Waals surface area (Å²) in [4.78, 5) is 0. The van der Waals surface area contributed by atoms with Gasteiger partial charge < -0.3 is 4.74 Å². The Morgan fingerprint density at radius 1 is 0.611 bits per heavy atom. The molecule has 0 N–H and O–H groups in total. The smallest absolute Gasteiger partial charge is 0.123 e. The third kappa shape index (κ3) is 4.05. The van der Waals surface area contributed by atoms with E-state index < -0.39 is 0 Å². The van der Waals surface area contributed by atoms with Gasteiger partial charge in [-0.05, 0) is 70.0 Å². The topological polar surface area (TPSA) is 9.23 Å². The summed E-state index contributed by atoms with van der Waals surface area (Å²) >= 11 is 0. The monoisotopic (exact) mass is 472 g/mol. The van der Waals surface area contributed by atoms with E-state index in [1.807, 2.05) is 0 Å². The molecule has 4 atom stereocenters. The third-order valence-electron chi connectivity index (χ3n) is 8.55. The van der Waals surface area contributed by atoms with Crippen molar-refractivity contribution in [2.45, 2.75) is 58.0 Å². The van der Waals surface area contributed by atoms with Crippen LogP contribution in [0.5, 0.6) is 5.75 Å². The number of benzene rings is 4. The van der Waals surface area contributed by atoms with E-state index in [1.54, 1.807) is 5.56 Å². The van der Waals surface area contributed by atoms with Gasteiger partial charge in [-0.3, -0.25) is 0 Å². The van der Waals surface area contributed by atoms with E-state index in [0.29, 0.717) is 36.2 Å². The normalized spacial score (nSPS) is 21.2. The summed E-state index contributed by atoms with van der Waals surface area (Å²) < 4.78 is 6.31. The molecule has 1 heteroatoms. The van der Waals surface area contributed by atoms with E-state index >= 15 is 0 Å². The van der Waals surface area contributed by atoms with Crippen molar-refractivity contribution in [1.82, 2.24) is 0 Å². The fourth-order valence-corrected chi connectivity index (χ4v) is 7.02. The second-order valence-corrected chi connectivity index (χ2v) is 11.2. The molecule has 1 aliphatic heterocycles. The maximum Gasteiger partial charge on any atom is 0.123 e. The molecule has 36 heavy (non-hydrogen) atoms. The van der Waals surface area contributed by atoms with Crippen LogP contribution in [0.1, 0.15) is 83.9 Å². The van der Waals surface area contributed by atoms with Crippen LogP contribution in [0.2, 0.25) is 0 Å². The van der Waals surface area contributed by atoms with Gasteiger partial charge in [-0.15, -0.1) is 0 Å². The minimum Gasteiger partial charge on any atom is -0.489 e. The lowest BCUT2D eigenvalue weighted by molar-refractivity contribution is 0.306. The zero-order valence-electron chi connectivity index (χ0n) is 21.7. The summed E-state index contributed by atoms with van der Waals surface area (Å²) in [6.45, 7) is 7.86. The van der Waals surface area contributed by atoms with Gasteiger partial charge in [0.15, 0.2) is 0 Å². The van der Waals surface area contributed by atoms with Gasteiger partial charge in [0.25, 0.3) is 0 Å². The number of rotatable bonds is 4. The van der Waals surface area contributed by atoms with E-state index in [-0.39, 0.29) is 0 Å². The fraction of sp³-hybridized carbons (Fsp3) is 0.314. The Labute approximate surface area is 216 Å². The molecule has 2 aliphatic rings. The Bertz CT molecular complexity index is 1320. The van der Waals surface area contributed by atoms with E-state index in [2.05, 4.69) is 118 Å². The summed E-state index contributed by atoms with van der Waals surface area (Å²) in [5, 5.41) is 0. The molecule has 0 spiro atoms. The lowest BCUT2D eigenvalue weighted by atomic mass is 9.73. The fourth-order valence-electron chi connectivity index (χ4n) is 7.02. The number of hydrogen-bond acceptors (Lipinski definition) is 1. The molecule has 4 unspecified atom stereocenters. The molecule has 4 aromatic rings. The number of ether oxygens (including phenoxy) is 1. The van der Waals surface area contributed by atoms with Gasteiger partial charge in [0.1, 0.15) is 12.4 Å². The van der Waals surface area contributed by atoms with Crippen molar-refractivity contribution in [3.05, 3.63) is 136 Å². The standard InChI is InChI=1S/C35H36O/c1-23(2)34-29-15-6-4-12-25(29)21-27(28-14-8-9-17-31(28)34)20-24(3)35-30-16-7-5-13-26(30)22-36-33-19-11-10-18-32(33)35/h4-19,23-24,27,34-35H,20-22H2,1-3H3.